The summed E-state index contributed by atoms with van der Waals surface area (Å²) in [5, 5.41) is 10.7. The van der Waals surface area contributed by atoms with E-state index in [4.69, 9.17) is 4.74 Å². The van der Waals surface area contributed by atoms with Crippen molar-refractivity contribution in [1.29, 1.82) is 0 Å². The second kappa shape index (κ2) is 5.96. The average molecular weight is 282 g/mol. The van der Waals surface area contributed by atoms with Gasteiger partial charge in [0.25, 0.3) is 11.6 Å². The van der Waals surface area contributed by atoms with Crippen LogP contribution in [0.3, 0.4) is 0 Å². The number of hydrogen-bond acceptors (Lipinski definition) is 4. The first-order valence-corrected chi connectivity index (χ1v) is 6.29. The van der Waals surface area contributed by atoms with Gasteiger partial charge >= 0.3 is 0 Å². The standard InChI is InChI=1S/C13H15FN2O4/c1-15(9-4-6-20-7-5-9)13(17)11-8-10(16(18)19)2-3-12(11)14/h2-3,8-9H,4-7H2,1H3. The van der Waals surface area contributed by atoms with E-state index >= 15 is 0 Å². The van der Waals surface area contributed by atoms with Crippen LogP contribution in [-0.2, 0) is 4.74 Å². The quantitative estimate of drug-likeness (QED) is 0.627. The van der Waals surface area contributed by atoms with E-state index in [1.807, 2.05) is 0 Å². The van der Waals surface area contributed by atoms with Gasteiger partial charge in [-0.2, -0.15) is 0 Å². The fourth-order valence-electron chi connectivity index (χ4n) is 2.22. The van der Waals surface area contributed by atoms with Gasteiger partial charge in [-0.25, -0.2) is 4.39 Å². The van der Waals surface area contributed by atoms with Gasteiger partial charge in [0.15, 0.2) is 0 Å². The highest BCUT2D eigenvalue weighted by Crippen LogP contribution is 2.21. The molecule has 0 aliphatic carbocycles. The van der Waals surface area contributed by atoms with Gasteiger partial charge in [0.2, 0.25) is 0 Å². The van der Waals surface area contributed by atoms with E-state index in [2.05, 4.69) is 0 Å². The summed E-state index contributed by atoms with van der Waals surface area (Å²) in [6.07, 6.45) is 1.36. The summed E-state index contributed by atoms with van der Waals surface area (Å²) in [6.45, 7) is 1.11. The molecule has 108 valence electrons. The highest BCUT2D eigenvalue weighted by atomic mass is 19.1. The van der Waals surface area contributed by atoms with Crippen LogP contribution in [-0.4, -0.2) is 42.0 Å². The van der Waals surface area contributed by atoms with Gasteiger partial charge in [0.1, 0.15) is 5.82 Å². The smallest absolute Gasteiger partial charge is 0.270 e. The Kier molecular flexibility index (Phi) is 4.29. The van der Waals surface area contributed by atoms with Crippen LogP contribution in [0.2, 0.25) is 0 Å². The van der Waals surface area contributed by atoms with Crippen LogP contribution >= 0.6 is 0 Å². The first kappa shape index (κ1) is 14.4. The molecule has 1 heterocycles. The van der Waals surface area contributed by atoms with E-state index in [1.165, 1.54) is 4.90 Å². The first-order valence-electron chi connectivity index (χ1n) is 6.29. The van der Waals surface area contributed by atoms with E-state index < -0.39 is 16.6 Å². The molecule has 6 nitrogen and oxygen atoms in total. The molecule has 1 aliphatic rings. The van der Waals surface area contributed by atoms with Crippen molar-refractivity contribution in [3.8, 4) is 0 Å². The minimum Gasteiger partial charge on any atom is -0.381 e. The molecular formula is C13H15FN2O4. The molecule has 0 atom stereocenters. The molecule has 0 bridgehead atoms. The second-order valence-corrected chi connectivity index (χ2v) is 4.68. The number of carbonyl (C=O) groups is 1. The minimum atomic E-state index is -0.750. The molecule has 20 heavy (non-hydrogen) atoms. The predicted octanol–water partition coefficient (Wildman–Crippen LogP) is 1.98. The number of hydrogen-bond donors (Lipinski definition) is 0. The summed E-state index contributed by atoms with van der Waals surface area (Å²) in [5.41, 5.74) is -0.566. The highest BCUT2D eigenvalue weighted by Gasteiger charge is 2.26. The third-order valence-corrected chi connectivity index (χ3v) is 3.45. The van der Waals surface area contributed by atoms with E-state index in [0.717, 1.165) is 18.2 Å². The number of non-ortho nitro benzene ring substituents is 1. The number of nitro benzene ring substituents is 1. The largest absolute Gasteiger partial charge is 0.381 e. The lowest BCUT2D eigenvalue weighted by Crippen LogP contribution is -2.40. The predicted molar refractivity (Wildman–Crippen MR) is 69.0 cm³/mol. The van der Waals surface area contributed by atoms with E-state index in [1.54, 1.807) is 7.05 Å². The number of ether oxygens (including phenoxy) is 1. The van der Waals surface area contributed by atoms with Crippen LogP contribution in [0, 0.1) is 15.9 Å². The summed E-state index contributed by atoms with van der Waals surface area (Å²) >= 11 is 0. The summed E-state index contributed by atoms with van der Waals surface area (Å²) in [5.74, 6) is -1.29. The molecule has 0 radical (unpaired) electrons. The van der Waals surface area contributed by atoms with Gasteiger partial charge in [-0.15, -0.1) is 0 Å². The molecule has 1 saturated heterocycles. The number of amides is 1. The Balaban J connectivity index is 2.23. The van der Waals surface area contributed by atoms with Crippen molar-refractivity contribution in [2.45, 2.75) is 18.9 Å². The number of carbonyl (C=O) groups excluding carboxylic acids is 1. The van der Waals surface area contributed by atoms with Crippen molar-refractivity contribution >= 4 is 11.6 Å². The maximum atomic E-state index is 13.7. The van der Waals surface area contributed by atoms with Gasteiger partial charge in [0.05, 0.1) is 10.5 Å². The van der Waals surface area contributed by atoms with Crippen LogP contribution in [0.15, 0.2) is 18.2 Å². The zero-order chi connectivity index (χ0) is 14.7. The van der Waals surface area contributed by atoms with Gasteiger partial charge < -0.3 is 9.64 Å². The average Bonchev–Trinajstić information content (AvgIpc) is 2.47. The normalized spacial score (nSPS) is 15.9. The topological polar surface area (TPSA) is 72.7 Å². The maximum absolute atomic E-state index is 13.7. The van der Waals surface area contributed by atoms with Crippen molar-refractivity contribution < 1.29 is 18.8 Å². The third kappa shape index (κ3) is 2.93. The molecule has 0 unspecified atom stereocenters. The zero-order valence-corrected chi connectivity index (χ0v) is 11.0. The van der Waals surface area contributed by atoms with Crippen LogP contribution in [0.1, 0.15) is 23.2 Å². The van der Waals surface area contributed by atoms with Gasteiger partial charge in [-0.3, -0.25) is 14.9 Å². The number of halogens is 1. The van der Waals surface area contributed by atoms with Gasteiger partial charge in [-0.1, -0.05) is 0 Å². The molecule has 1 aromatic rings. The molecule has 0 spiro atoms. The Hall–Kier alpha value is -2.02. The third-order valence-electron chi connectivity index (χ3n) is 3.45. The van der Waals surface area contributed by atoms with E-state index in [0.29, 0.717) is 26.1 Å². The molecule has 1 amide bonds. The van der Waals surface area contributed by atoms with Crippen LogP contribution in [0.4, 0.5) is 10.1 Å². The van der Waals surface area contributed by atoms with Crippen molar-refractivity contribution in [2.24, 2.45) is 0 Å². The minimum absolute atomic E-state index is 0.0325. The summed E-state index contributed by atoms with van der Waals surface area (Å²) in [7, 11) is 1.58. The fraction of sp³-hybridized carbons (Fsp3) is 0.462. The molecule has 1 aromatic carbocycles. The molecule has 0 aromatic heterocycles. The zero-order valence-electron chi connectivity index (χ0n) is 11.0. The van der Waals surface area contributed by atoms with E-state index in [-0.39, 0.29) is 17.3 Å². The maximum Gasteiger partial charge on any atom is 0.270 e. The van der Waals surface area contributed by atoms with Crippen LogP contribution in [0.5, 0.6) is 0 Å². The number of benzene rings is 1. The van der Waals surface area contributed by atoms with Gasteiger partial charge in [0, 0.05) is 38.4 Å². The molecular weight excluding hydrogens is 267 g/mol. The fourth-order valence-corrected chi connectivity index (χ4v) is 2.22. The Morgan fingerprint density at radius 3 is 2.70 bits per heavy atom. The SMILES string of the molecule is CN(C(=O)c1cc([N+](=O)[O-])ccc1F)C1CCOCC1. The first-order chi connectivity index (χ1) is 9.50. The Morgan fingerprint density at radius 1 is 1.45 bits per heavy atom. The van der Waals surface area contributed by atoms with E-state index in [9.17, 15) is 19.3 Å². The Morgan fingerprint density at radius 2 is 2.10 bits per heavy atom. The lowest BCUT2D eigenvalue weighted by molar-refractivity contribution is -0.384. The molecule has 0 saturated carbocycles. The second-order valence-electron chi connectivity index (χ2n) is 4.68. The summed E-state index contributed by atoms with van der Waals surface area (Å²) in [4.78, 5) is 23.7. The Bertz CT molecular complexity index is 529. The van der Waals surface area contributed by atoms with Crippen molar-refractivity contribution in [2.75, 3.05) is 20.3 Å². The monoisotopic (exact) mass is 282 g/mol. The van der Waals surface area contributed by atoms with Crippen molar-refractivity contribution in [1.82, 2.24) is 4.90 Å². The number of nitro groups is 1. The van der Waals surface area contributed by atoms with Crippen molar-refractivity contribution in [3.63, 3.8) is 0 Å². The molecule has 2 rings (SSSR count). The molecule has 0 N–H and O–H groups in total. The lowest BCUT2D eigenvalue weighted by Gasteiger charge is -2.31. The number of nitrogens with zero attached hydrogens (tertiary/aromatic N) is 2. The lowest BCUT2D eigenvalue weighted by atomic mass is 10.1. The van der Waals surface area contributed by atoms with Crippen molar-refractivity contribution in [3.05, 3.63) is 39.7 Å². The van der Waals surface area contributed by atoms with Crippen LogP contribution in [0.25, 0.3) is 0 Å². The van der Waals surface area contributed by atoms with Crippen LogP contribution < -0.4 is 0 Å². The Labute approximate surface area is 115 Å². The molecule has 1 aliphatic heterocycles. The van der Waals surface area contributed by atoms with Gasteiger partial charge in [-0.05, 0) is 18.9 Å². The number of rotatable bonds is 3. The molecule has 1 fully saturated rings. The highest BCUT2D eigenvalue weighted by molar-refractivity contribution is 5.95. The summed E-state index contributed by atoms with van der Waals surface area (Å²) in [6, 6.07) is 2.94. The summed E-state index contributed by atoms with van der Waals surface area (Å²) < 4.78 is 18.9. The molecule has 7 heteroatoms.